The van der Waals surface area contributed by atoms with Gasteiger partial charge in [-0.3, -0.25) is 4.79 Å². The normalized spacial score (nSPS) is 23.4. The number of hydrogen-bond donors (Lipinski definition) is 1. The fourth-order valence-corrected chi connectivity index (χ4v) is 1.97. The SMILES string of the molecule is NC=C1CCC(=O)C1C=Cc1ccccc1. The number of allylic oxidation sites excluding steroid dienone is 2. The number of benzene rings is 1. The van der Waals surface area contributed by atoms with Gasteiger partial charge < -0.3 is 5.73 Å². The molecule has 82 valence electrons. The van der Waals surface area contributed by atoms with Crippen LogP contribution >= 0.6 is 0 Å². The summed E-state index contributed by atoms with van der Waals surface area (Å²) >= 11 is 0. The largest absolute Gasteiger partial charge is 0.405 e. The summed E-state index contributed by atoms with van der Waals surface area (Å²) in [6, 6.07) is 9.97. The van der Waals surface area contributed by atoms with Crippen molar-refractivity contribution >= 4 is 11.9 Å². The van der Waals surface area contributed by atoms with Crippen LogP contribution in [0.3, 0.4) is 0 Å². The molecule has 1 aromatic carbocycles. The van der Waals surface area contributed by atoms with Crippen molar-refractivity contribution < 1.29 is 4.79 Å². The third-order valence-corrected chi connectivity index (χ3v) is 2.90. The van der Waals surface area contributed by atoms with Crippen molar-refractivity contribution in [1.82, 2.24) is 0 Å². The molecule has 0 spiro atoms. The van der Waals surface area contributed by atoms with Crippen LogP contribution in [-0.4, -0.2) is 5.78 Å². The second kappa shape index (κ2) is 4.79. The first kappa shape index (κ1) is 10.7. The number of carbonyl (C=O) groups excluding carboxylic acids is 1. The average molecular weight is 213 g/mol. The van der Waals surface area contributed by atoms with Gasteiger partial charge in [0.15, 0.2) is 0 Å². The fourth-order valence-electron chi connectivity index (χ4n) is 1.97. The smallest absolute Gasteiger partial charge is 0.144 e. The Morgan fingerprint density at radius 1 is 1.19 bits per heavy atom. The molecule has 0 radical (unpaired) electrons. The topological polar surface area (TPSA) is 43.1 Å². The van der Waals surface area contributed by atoms with Gasteiger partial charge >= 0.3 is 0 Å². The lowest BCUT2D eigenvalue weighted by molar-refractivity contribution is -0.119. The minimum atomic E-state index is -0.106. The Morgan fingerprint density at radius 2 is 1.94 bits per heavy atom. The van der Waals surface area contributed by atoms with Gasteiger partial charge in [0.05, 0.1) is 5.92 Å². The quantitative estimate of drug-likeness (QED) is 0.820. The van der Waals surface area contributed by atoms with Crippen LogP contribution < -0.4 is 5.73 Å². The standard InChI is InChI=1S/C14H15NO/c15-10-12-7-9-14(16)13(12)8-6-11-4-2-1-3-5-11/h1-6,8,10,13H,7,9,15H2. The number of rotatable bonds is 2. The molecule has 1 aliphatic rings. The number of carbonyl (C=O) groups is 1. The van der Waals surface area contributed by atoms with Gasteiger partial charge in [-0.1, -0.05) is 42.5 Å². The molecule has 2 heteroatoms. The molecule has 0 amide bonds. The van der Waals surface area contributed by atoms with Gasteiger partial charge in [-0.15, -0.1) is 0 Å². The average Bonchev–Trinajstić information content (AvgIpc) is 2.69. The molecule has 0 heterocycles. The van der Waals surface area contributed by atoms with E-state index in [1.165, 1.54) is 0 Å². The summed E-state index contributed by atoms with van der Waals surface area (Å²) in [5.41, 5.74) is 7.66. The van der Waals surface area contributed by atoms with Crippen molar-refractivity contribution in [1.29, 1.82) is 0 Å². The van der Waals surface area contributed by atoms with E-state index in [-0.39, 0.29) is 11.7 Å². The van der Waals surface area contributed by atoms with Gasteiger partial charge in [-0.25, -0.2) is 0 Å². The summed E-state index contributed by atoms with van der Waals surface area (Å²) < 4.78 is 0. The van der Waals surface area contributed by atoms with Crippen LogP contribution in [0, 0.1) is 5.92 Å². The molecule has 2 rings (SSSR count). The maximum absolute atomic E-state index is 11.6. The Morgan fingerprint density at radius 3 is 2.62 bits per heavy atom. The van der Waals surface area contributed by atoms with E-state index >= 15 is 0 Å². The summed E-state index contributed by atoms with van der Waals surface area (Å²) in [5.74, 6) is 0.161. The highest BCUT2D eigenvalue weighted by Crippen LogP contribution is 2.28. The summed E-state index contributed by atoms with van der Waals surface area (Å²) in [7, 11) is 0. The molecule has 1 fully saturated rings. The van der Waals surface area contributed by atoms with E-state index in [0.717, 1.165) is 17.6 Å². The molecule has 1 unspecified atom stereocenters. The molecule has 1 saturated carbocycles. The Bertz CT molecular complexity index is 431. The molecule has 0 aromatic heterocycles. The zero-order chi connectivity index (χ0) is 11.4. The molecule has 2 N–H and O–H groups in total. The second-order valence-corrected chi connectivity index (χ2v) is 3.96. The van der Waals surface area contributed by atoms with Crippen molar-refractivity contribution in [3.8, 4) is 0 Å². The number of nitrogens with two attached hydrogens (primary N) is 1. The monoisotopic (exact) mass is 213 g/mol. The van der Waals surface area contributed by atoms with Crippen LogP contribution in [0.15, 0.2) is 48.2 Å². The summed E-state index contributed by atoms with van der Waals surface area (Å²) in [5, 5.41) is 0. The minimum absolute atomic E-state index is 0.106. The van der Waals surface area contributed by atoms with E-state index in [1.54, 1.807) is 6.20 Å². The lowest BCUT2D eigenvalue weighted by Gasteiger charge is -2.03. The van der Waals surface area contributed by atoms with Crippen molar-refractivity contribution in [2.45, 2.75) is 12.8 Å². The molecule has 16 heavy (non-hydrogen) atoms. The lowest BCUT2D eigenvalue weighted by Crippen LogP contribution is -2.05. The van der Waals surface area contributed by atoms with Crippen LogP contribution in [0.1, 0.15) is 18.4 Å². The molecular weight excluding hydrogens is 198 g/mol. The molecule has 0 bridgehead atoms. The van der Waals surface area contributed by atoms with Crippen LogP contribution in [0.4, 0.5) is 0 Å². The van der Waals surface area contributed by atoms with Crippen LogP contribution in [0.2, 0.25) is 0 Å². The third-order valence-electron chi connectivity index (χ3n) is 2.90. The van der Waals surface area contributed by atoms with Crippen molar-refractivity contribution in [3.05, 3.63) is 53.7 Å². The Hall–Kier alpha value is -1.83. The predicted molar refractivity (Wildman–Crippen MR) is 65.5 cm³/mol. The van der Waals surface area contributed by atoms with E-state index < -0.39 is 0 Å². The molecule has 1 aliphatic carbocycles. The summed E-state index contributed by atoms with van der Waals surface area (Å²) in [4.78, 5) is 11.6. The van der Waals surface area contributed by atoms with Crippen molar-refractivity contribution in [2.24, 2.45) is 11.7 Å². The first-order valence-corrected chi connectivity index (χ1v) is 5.48. The van der Waals surface area contributed by atoms with E-state index in [2.05, 4.69) is 0 Å². The Kier molecular flexibility index (Phi) is 3.20. The summed E-state index contributed by atoms with van der Waals surface area (Å²) in [6.45, 7) is 0. The predicted octanol–water partition coefficient (Wildman–Crippen LogP) is 2.52. The highest BCUT2D eigenvalue weighted by atomic mass is 16.1. The van der Waals surface area contributed by atoms with E-state index in [0.29, 0.717) is 6.42 Å². The van der Waals surface area contributed by atoms with E-state index in [1.807, 2.05) is 42.5 Å². The van der Waals surface area contributed by atoms with Gasteiger partial charge in [-0.2, -0.15) is 0 Å². The summed E-state index contributed by atoms with van der Waals surface area (Å²) in [6.07, 6.45) is 6.93. The maximum atomic E-state index is 11.6. The molecule has 2 nitrogen and oxygen atoms in total. The number of ketones is 1. The Balaban J connectivity index is 2.15. The highest BCUT2D eigenvalue weighted by Gasteiger charge is 2.26. The highest BCUT2D eigenvalue weighted by molar-refractivity contribution is 5.89. The zero-order valence-electron chi connectivity index (χ0n) is 9.10. The maximum Gasteiger partial charge on any atom is 0.144 e. The molecule has 0 aliphatic heterocycles. The van der Waals surface area contributed by atoms with Crippen LogP contribution in [-0.2, 0) is 4.79 Å². The minimum Gasteiger partial charge on any atom is -0.405 e. The molecule has 1 aromatic rings. The molecule has 1 atom stereocenters. The van der Waals surface area contributed by atoms with Crippen molar-refractivity contribution in [3.63, 3.8) is 0 Å². The van der Waals surface area contributed by atoms with Crippen LogP contribution in [0.25, 0.3) is 6.08 Å². The number of hydrogen-bond acceptors (Lipinski definition) is 2. The lowest BCUT2D eigenvalue weighted by atomic mass is 10.0. The van der Waals surface area contributed by atoms with Gasteiger partial charge in [0.25, 0.3) is 0 Å². The first-order valence-electron chi connectivity index (χ1n) is 5.48. The van der Waals surface area contributed by atoms with E-state index in [4.69, 9.17) is 5.73 Å². The first-order chi connectivity index (χ1) is 7.81. The van der Waals surface area contributed by atoms with Gasteiger partial charge in [0.2, 0.25) is 0 Å². The third kappa shape index (κ3) is 2.22. The van der Waals surface area contributed by atoms with Gasteiger partial charge in [-0.05, 0) is 23.8 Å². The molecule has 0 saturated heterocycles. The zero-order valence-corrected chi connectivity index (χ0v) is 9.10. The number of Topliss-reactive ketones (excluding diaryl/α,β-unsaturated/α-hetero) is 1. The Labute approximate surface area is 95.5 Å². The van der Waals surface area contributed by atoms with Crippen LogP contribution in [0.5, 0.6) is 0 Å². The van der Waals surface area contributed by atoms with Crippen molar-refractivity contribution in [2.75, 3.05) is 0 Å². The molecular formula is C14H15NO. The van der Waals surface area contributed by atoms with E-state index in [9.17, 15) is 4.79 Å². The van der Waals surface area contributed by atoms with Gasteiger partial charge in [0, 0.05) is 6.42 Å². The second-order valence-electron chi connectivity index (χ2n) is 3.96. The van der Waals surface area contributed by atoms with Gasteiger partial charge in [0.1, 0.15) is 5.78 Å². The fraction of sp³-hybridized carbons (Fsp3) is 0.214.